The fraction of sp³-hybridized carbons (Fsp3) is 0.333. The minimum Gasteiger partial charge on any atom is -0.406 e. The van der Waals surface area contributed by atoms with E-state index in [4.69, 9.17) is 0 Å². The Kier molecular flexibility index (Phi) is 5.47. The number of halogens is 6. The van der Waals surface area contributed by atoms with Crippen LogP contribution in [0.2, 0.25) is 0 Å². The largest absolute Gasteiger partial charge is 0.573 e. The van der Waals surface area contributed by atoms with Crippen molar-refractivity contribution in [2.45, 2.75) is 32.0 Å². The molecule has 1 heterocycles. The van der Waals surface area contributed by atoms with Crippen LogP contribution in [0.1, 0.15) is 24.2 Å². The van der Waals surface area contributed by atoms with Gasteiger partial charge in [0.15, 0.2) is 5.69 Å². The van der Waals surface area contributed by atoms with E-state index in [0.29, 0.717) is 5.56 Å². The van der Waals surface area contributed by atoms with Gasteiger partial charge >= 0.3 is 12.5 Å². The number of carbonyl (C=O) groups excluding carboxylic acids is 1. The summed E-state index contributed by atoms with van der Waals surface area (Å²) in [7, 11) is 0. The first kappa shape index (κ1) is 19.6. The summed E-state index contributed by atoms with van der Waals surface area (Å²) in [4.78, 5) is 11.9. The molecule has 5 nitrogen and oxygen atoms in total. The van der Waals surface area contributed by atoms with Gasteiger partial charge in [-0.2, -0.15) is 18.3 Å². The highest BCUT2D eigenvalue weighted by atomic mass is 19.4. The van der Waals surface area contributed by atoms with Crippen LogP contribution in [0.3, 0.4) is 0 Å². The van der Waals surface area contributed by atoms with Crippen LogP contribution in [0.15, 0.2) is 36.5 Å². The highest BCUT2D eigenvalue weighted by molar-refractivity contribution is 5.76. The lowest BCUT2D eigenvalue weighted by molar-refractivity contribution is -0.274. The van der Waals surface area contributed by atoms with Crippen LogP contribution < -0.4 is 10.1 Å². The molecule has 0 saturated carbocycles. The Labute approximate surface area is 143 Å². The molecule has 0 aliphatic rings. The van der Waals surface area contributed by atoms with Crippen molar-refractivity contribution in [3.8, 4) is 5.75 Å². The number of nitrogens with one attached hydrogen (secondary N) is 1. The number of alkyl halides is 6. The number of ether oxygens (including phenoxy) is 1. The predicted octanol–water partition coefficient (Wildman–Crippen LogP) is 3.68. The van der Waals surface area contributed by atoms with Crippen molar-refractivity contribution in [2.24, 2.45) is 0 Å². The Bertz CT molecular complexity index is 752. The molecule has 1 N–H and O–H groups in total. The lowest BCUT2D eigenvalue weighted by atomic mass is 10.1. The number of aromatic nitrogens is 2. The maximum absolute atomic E-state index is 12.4. The molecule has 0 saturated heterocycles. The molecule has 142 valence electrons. The molecule has 1 amide bonds. The molecule has 0 spiro atoms. The van der Waals surface area contributed by atoms with E-state index in [9.17, 15) is 31.1 Å². The smallest absolute Gasteiger partial charge is 0.406 e. The van der Waals surface area contributed by atoms with Gasteiger partial charge in [-0.1, -0.05) is 12.1 Å². The maximum Gasteiger partial charge on any atom is 0.573 e. The Hall–Kier alpha value is -2.72. The topological polar surface area (TPSA) is 56.2 Å². The molecule has 0 radical (unpaired) electrons. The van der Waals surface area contributed by atoms with Crippen LogP contribution in [0.25, 0.3) is 0 Å². The second kappa shape index (κ2) is 7.26. The number of hydrogen-bond donors (Lipinski definition) is 1. The second-order valence-corrected chi connectivity index (χ2v) is 5.30. The third-order valence-electron chi connectivity index (χ3n) is 3.23. The third-order valence-corrected chi connectivity index (χ3v) is 3.23. The number of amides is 1. The molecule has 2 aromatic rings. The van der Waals surface area contributed by atoms with Gasteiger partial charge in [0.25, 0.3) is 0 Å². The van der Waals surface area contributed by atoms with E-state index < -0.39 is 42.5 Å². The lowest BCUT2D eigenvalue weighted by Crippen LogP contribution is -2.30. The van der Waals surface area contributed by atoms with Crippen LogP contribution in [-0.2, 0) is 17.5 Å². The molecule has 1 atom stereocenters. The molecule has 0 unspecified atom stereocenters. The first-order valence-corrected chi connectivity index (χ1v) is 7.20. The average molecular weight is 381 g/mol. The standard InChI is InChI=1S/C15H13F6N3O2/c1-9(10-2-4-11(5-3-10)26-15(19,20)21)22-13(25)8-24-7-6-12(23-24)14(16,17)18/h2-7,9H,8H2,1H3,(H,22,25)/t9-/m0/s1. The van der Waals surface area contributed by atoms with Gasteiger partial charge in [0.2, 0.25) is 5.91 Å². The van der Waals surface area contributed by atoms with Crippen molar-refractivity contribution >= 4 is 5.91 Å². The zero-order chi connectivity index (χ0) is 19.5. The monoisotopic (exact) mass is 381 g/mol. The molecule has 11 heteroatoms. The summed E-state index contributed by atoms with van der Waals surface area (Å²) in [6.45, 7) is 1.14. The summed E-state index contributed by atoms with van der Waals surface area (Å²) < 4.78 is 78.2. The summed E-state index contributed by atoms with van der Waals surface area (Å²) in [6, 6.07) is 5.02. The fourth-order valence-electron chi connectivity index (χ4n) is 2.08. The van der Waals surface area contributed by atoms with E-state index in [1.807, 2.05) is 0 Å². The second-order valence-electron chi connectivity index (χ2n) is 5.30. The Balaban J connectivity index is 1.93. The molecule has 26 heavy (non-hydrogen) atoms. The minimum absolute atomic E-state index is 0.406. The molecular weight excluding hydrogens is 368 g/mol. The van der Waals surface area contributed by atoms with Gasteiger partial charge in [-0.3, -0.25) is 9.48 Å². The van der Waals surface area contributed by atoms with E-state index in [1.165, 1.54) is 12.1 Å². The molecule has 0 aliphatic carbocycles. The van der Waals surface area contributed by atoms with Crippen LogP contribution in [0, 0.1) is 0 Å². The summed E-state index contributed by atoms with van der Waals surface area (Å²) in [5.41, 5.74) is -0.622. The van der Waals surface area contributed by atoms with Crippen molar-refractivity contribution in [3.05, 3.63) is 47.8 Å². The lowest BCUT2D eigenvalue weighted by Gasteiger charge is -2.15. The average Bonchev–Trinajstić information content (AvgIpc) is 2.94. The normalized spacial score (nSPS) is 13.3. The Morgan fingerprint density at radius 2 is 1.77 bits per heavy atom. The SMILES string of the molecule is C[C@H](NC(=O)Cn1ccc(C(F)(F)F)n1)c1ccc(OC(F)(F)F)cc1. The number of nitrogens with zero attached hydrogens (tertiary/aromatic N) is 2. The minimum atomic E-state index is -4.81. The van der Waals surface area contributed by atoms with Crippen LogP contribution in [0.4, 0.5) is 26.3 Å². The molecule has 1 aromatic heterocycles. The highest BCUT2D eigenvalue weighted by Gasteiger charge is 2.33. The fourth-order valence-corrected chi connectivity index (χ4v) is 2.08. The number of carbonyl (C=O) groups is 1. The number of benzene rings is 1. The summed E-state index contributed by atoms with van der Waals surface area (Å²) >= 11 is 0. The molecule has 2 rings (SSSR count). The van der Waals surface area contributed by atoms with Gasteiger partial charge in [0.1, 0.15) is 12.3 Å². The highest BCUT2D eigenvalue weighted by Crippen LogP contribution is 2.27. The summed E-state index contributed by atoms with van der Waals surface area (Å²) in [6.07, 6.45) is -8.38. The van der Waals surface area contributed by atoms with E-state index in [1.54, 1.807) is 6.92 Å². The predicted molar refractivity (Wildman–Crippen MR) is 76.9 cm³/mol. The first-order valence-electron chi connectivity index (χ1n) is 7.20. The summed E-state index contributed by atoms with van der Waals surface area (Å²) in [5.74, 6) is -1.01. The van der Waals surface area contributed by atoms with Crippen molar-refractivity contribution in [1.29, 1.82) is 0 Å². The Morgan fingerprint density at radius 3 is 2.27 bits per heavy atom. The van der Waals surface area contributed by atoms with E-state index in [-0.39, 0.29) is 0 Å². The zero-order valence-corrected chi connectivity index (χ0v) is 13.2. The van der Waals surface area contributed by atoms with Gasteiger partial charge in [0, 0.05) is 6.20 Å². The molecule has 0 fully saturated rings. The van der Waals surface area contributed by atoms with E-state index >= 15 is 0 Å². The van der Waals surface area contributed by atoms with E-state index in [2.05, 4.69) is 15.2 Å². The van der Waals surface area contributed by atoms with Crippen LogP contribution in [0.5, 0.6) is 5.75 Å². The van der Waals surface area contributed by atoms with Crippen molar-refractivity contribution in [2.75, 3.05) is 0 Å². The Morgan fingerprint density at radius 1 is 1.15 bits per heavy atom. The van der Waals surface area contributed by atoms with Crippen molar-refractivity contribution in [3.63, 3.8) is 0 Å². The van der Waals surface area contributed by atoms with Gasteiger partial charge < -0.3 is 10.1 Å². The molecular formula is C15H13F6N3O2. The molecule has 0 bridgehead atoms. The number of hydrogen-bond acceptors (Lipinski definition) is 3. The third kappa shape index (κ3) is 5.67. The van der Waals surface area contributed by atoms with Gasteiger partial charge in [-0.05, 0) is 30.7 Å². The van der Waals surface area contributed by atoms with Crippen LogP contribution >= 0.6 is 0 Å². The van der Waals surface area contributed by atoms with Crippen molar-refractivity contribution < 1.29 is 35.9 Å². The number of rotatable bonds is 5. The van der Waals surface area contributed by atoms with Gasteiger partial charge in [0.05, 0.1) is 6.04 Å². The van der Waals surface area contributed by atoms with Crippen molar-refractivity contribution in [1.82, 2.24) is 15.1 Å². The zero-order valence-electron chi connectivity index (χ0n) is 13.2. The van der Waals surface area contributed by atoms with Gasteiger partial charge in [-0.25, -0.2) is 0 Å². The van der Waals surface area contributed by atoms with Gasteiger partial charge in [-0.15, -0.1) is 13.2 Å². The van der Waals surface area contributed by atoms with E-state index in [0.717, 1.165) is 29.1 Å². The summed E-state index contributed by atoms with van der Waals surface area (Å²) in [5, 5.41) is 5.77. The molecule has 1 aromatic carbocycles. The van der Waals surface area contributed by atoms with Crippen LogP contribution in [-0.4, -0.2) is 22.1 Å². The maximum atomic E-state index is 12.4. The first-order chi connectivity index (χ1) is 11.9. The molecule has 0 aliphatic heterocycles. The quantitative estimate of drug-likeness (QED) is 0.804.